The number of halogens is 2. The molecule has 4 heteroatoms. The van der Waals surface area contributed by atoms with Gasteiger partial charge in [0.2, 0.25) is 0 Å². The minimum atomic E-state index is -0.811. The van der Waals surface area contributed by atoms with Crippen molar-refractivity contribution in [2.24, 2.45) is 0 Å². The van der Waals surface area contributed by atoms with E-state index in [1.165, 1.54) is 12.1 Å². The van der Waals surface area contributed by atoms with Crippen LogP contribution in [0.4, 0.5) is 8.78 Å². The van der Waals surface area contributed by atoms with E-state index in [9.17, 15) is 8.78 Å². The van der Waals surface area contributed by atoms with Gasteiger partial charge in [0.1, 0.15) is 0 Å². The van der Waals surface area contributed by atoms with Gasteiger partial charge in [0.25, 0.3) is 0 Å². The fourth-order valence-corrected chi connectivity index (χ4v) is 2.38. The number of hydrogen-bond acceptors (Lipinski definition) is 2. The van der Waals surface area contributed by atoms with Gasteiger partial charge < -0.3 is 5.32 Å². The molecule has 1 N–H and O–H groups in total. The molecular weight excluding hydrogens is 270 g/mol. The highest BCUT2D eigenvalue weighted by atomic mass is 19.2. The minimum absolute atomic E-state index is 0.0449. The van der Waals surface area contributed by atoms with Crippen molar-refractivity contribution in [1.82, 2.24) is 10.3 Å². The lowest BCUT2D eigenvalue weighted by molar-refractivity contribution is 0.499. The summed E-state index contributed by atoms with van der Waals surface area (Å²) in [6, 6.07) is 8.04. The molecule has 1 aromatic carbocycles. The highest BCUT2D eigenvalue weighted by molar-refractivity contribution is 5.26. The summed E-state index contributed by atoms with van der Waals surface area (Å²) in [6.07, 6.45) is 3.37. The number of nitrogens with one attached hydrogen (secondary N) is 1. The number of hydrogen-bond donors (Lipinski definition) is 1. The molecule has 0 bridgehead atoms. The first-order valence-electron chi connectivity index (χ1n) is 7.20. The first kappa shape index (κ1) is 15.6. The van der Waals surface area contributed by atoms with E-state index in [0.29, 0.717) is 6.42 Å². The van der Waals surface area contributed by atoms with E-state index in [2.05, 4.69) is 17.2 Å². The van der Waals surface area contributed by atoms with Crippen molar-refractivity contribution in [3.05, 3.63) is 65.0 Å². The lowest BCUT2D eigenvalue weighted by Gasteiger charge is -2.20. The molecule has 1 unspecified atom stereocenters. The van der Waals surface area contributed by atoms with E-state index >= 15 is 0 Å². The number of rotatable bonds is 6. The van der Waals surface area contributed by atoms with Gasteiger partial charge in [-0.05, 0) is 55.6 Å². The van der Waals surface area contributed by atoms with Crippen LogP contribution in [0.25, 0.3) is 0 Å². The second-order valence-electron chi connectivity index (χ2n) is 5.14. The van der Waals surface area contributed by atoms with Crippen LogP contribution in [0.1, 0.15) is 36.2 Å². The zero-order valence-corrected chi connectivity index (χ0v) is 12.4. The number of pyridine rings is 1. The van der Waals surface area contributed by atoms with Gasteiger partial charge in [-0.3, -0.25) is 4.98 Å². The van der Waals surface area contributed by atoms with Crippen molar-refractivity contribution in [3.63, 3.8) is 0 Å². The highest BCUT2D eigenvalue weighted by Crippen LogP contribution is 2.21. The summed E-state index contributed by atoms with van der Waals surface area (Å²) in [5.74, 6) is -1.61. The molecule has 1 aromatic heterocycles. The van der Waals surface area contributed by atoms with Crippen molar-refractivity contribution in [3.8, 4) is 0 Å². The third-order valence-electron chi connectivity index (χ3n) is 3.49. The van der Waals surface area contributed by atoms with Gasteiger partial charge >= 0.3 is 0 Å². The molecule has 1 heterocycles. The summed E-state index contributed by atoms with van der Waals surface area (Å²) < 4.78 is 26.4. The molecule has 21 heavy (non-hydrogen) atoms. The van der Waals surface area contributed by atoms with Crippen LogP contribution in [-0.2, 0) is 6.42 Å². The van der Waals surface area contributed by atoms with Crippen molar-refractivity contribution in [1.29, 1.82) is 0 Å². The molecule has 2 aromatic rings. The zero-order valence-electron chi connectivity index (χ0n) is 12.4. The van der Waals surface area contributed by atoms with Gasteiger partial charge in [-0.25, -0.2) is 8.78 Å². The molecule has 2 nitrogen and oxygen atoms in total. The van der Waals surface area contributed by atoms with Gasteiger partial charge in [0.15, 0.2) is 11.6 Å². The van der Waals surface area contributed by atoms with Crippen LogP contribution in [0.2, 0.25) is 0 Å². The molecule has 0 aliphatic carbocycles. The number of aryl methyl sites for hydroxylation is 1. The zero-order chi connectivity index (χ0) is 15.2. The standard InChI is InChI=1S/C17H20F2N2/c1-3-8-21-17(14-5-4-9-20-12(14)2)11-13-6-7-15(18)16(19)10-13/h4-7,9-10,17,21H,3,8,11H2,1-2H3. The third-order valence-corrected chi connectivity index (χ3v) is 3.49. The fourth-order valence-electron chi connectivity index (χ4n) is 2.38. The van der Waals surface area contributed by atoms with Crippen LogP contribution in [-0.4, -0.2) is 11.5 Å². The van der Waals surface area contributed by atoms with Crippen LogP contribution in [0, 0.1) is 18.6 Å². The Bertz CT molecular complexity index is 599. The fraction of sp³-hybridized carbons (Fsp3) is 0.353. The summed E-state index contributed by atoms with van der Waals surface area (Å²) in [6.45, 7) is 4.92. The lowest BCUT2D eigenvalue weighted by Crippen LogP contribution is -2.25. The maximum absolute atomic E-state index is 13.4. The summed E-state index contributed by atoms with van der Waals surface area (Å²) in [4.78, 5) is 4.31. The SMILES string of the molecule is CCCNC(Cc1ccc(F)c(F)c1)c1cccnc1C. The van der Waals surface area contributed by atoms with Gasteiger partial charge in [0.05, 0.1) is 0 Å². The molecule has 0 saturated heterocycles. The summed E-state index contributed by atoms with van der Waals surface area (Å²) >= 11 is 0. The molecule has 0 amide bonds. The topological polar surface area (TPSA) is 24.9 Å². The van der Waals surface area contributed by atoms with E-state index in [1.807, 2.05) is 19.1 Å². The van der Waals surface area contributed by atoms with Crippen LogP contribution < -0.4 is 5.32 Å². The van der Waals surface area contributed by atoms with Crippen molar-refractivity contribution >= 4 is 0 Å². The Morgan fingerprint density at radius 2 is 2.00 bits per heavy atom. The average Bonchev–Trinajstić information content (AvgIpc) is 2.48. The second-order valence-corrected chi connectivity index (χ2v) is 5.14. The van der Waals surface area contributed by atoms with Crippen molar-refractivity contribution in [2.75, 3.05) is 6.54 Å². The van der Waals surface area contributed by atoms with Crippen LogP contribution >= 0.6 is 0 Å². The van der Waals surface area contributed by atoms with E-state index in [-0.39, 0.29) is 6.04 Å². The maximum atomic E-state index is 13.4. The molecule has 0 spiro atoms. The van der Waals surface area contributed by atoms with Crippen LogP contribution in [0.15, 0.2) is 36.5 Å². The molecule has 112 valence electrons. The van der Waals surface area contributed by atoms with E-state index in [0.717, 1.165) is 29.8 Å². The largest absolute Gasteiger partial charge is 0.310 e. The van der Waals surface area contributed by atoms with Crippen LogP contribution in [0.5, 0.6) is 0 Å². The minimum Gasteiger partial charge on any atom is -0.310 e. The Morgan fingerprint density at radius 1 is 1.19 bits per heavy atom. The summed E-state index contributed by atoms with van der Waals surface area (Å²) in [7, 11) is 0. The Morgan fingerprint density at radius 3 is 2.67 bits per heavy atom. The van der Waals surface area contributed by atoms with E-state index < -0.39 is 11.6 Å². The van der Waals surface area contributed by atoms with Crippen molar-refractivity contribution < 1.29 is 8.78 Å². The van der Waals surface area contributed by atoms with Crippen molar-refractivity contribution in [2.45, 2.75) is 32.7 Å². The van der Waals surface area contributed by atoms with Crippen LogP contribution in [0.3, 0.4) is 0 Å². The highest BCUT2D eigenvalue weighted by Gasteiger charge is 2.15. The van der Waals surface area contributed by atoms with E-state index in [1.54, 1.807) is 12.3 Å². The third kappa shape index (κ3) is 4.08. The second kappa shape index (κ2) is 7.27. The molecule has 0 aliphatic heterocycles. The van der Waals surface area contributed by atoms with Gasteiger partial charge in [-0.2, -0.15) is 0 Å². The van der Waals surface area contributed by atoms with Gasteiger partial charge in [0, 0.05) is 17.9 Å². The van der Waals surface area contributed by atoms with Gasteiger partial charge in [-0.15, -0.1) is 0 Å². The van der Waals surface area contributed by atoms with Gasteiger partial charge in [-0.1, -0.05) is 19.1 Å². The maximum Gasteiger partial charge on any atom is 0.159 e. The molecular formula is C17H20F2N2. The van der Waals surface area contributed by atoms with E-state index in [4.69, 9.17) is 0 Å². The predicted octanol–water partition coefficient (Wildman–Crippen LogP) is 3.95. The monoisotopic (exact) mass is 290 g/mol. The Kier molecular flexibility index (Phi) is 5.39. The number of aromatic nitrogens is 1. The molecule has 0 aliphatic rings. The Labute approximate surface area is 124 Å². The summed E-state index contributed by atoms with van der Waals surface area (Å²) in [5.41, 5.74) is 2.81. The molecule has 0 saturated carbocycles. The average molecular weight is 290 g/mol. The Hall–Kier alpha value is -1.81. The Balaban J connectivity index is 2.24. The molecule has 2 rings (SSSR count). The number of benzene rings is 1. The molecule has 0 radical (unpaired) electrons. The quantitative estimate of drug-likeness (QED) is 0.871. The lowest BCUT2D eigenvalue weighted by atomic mass is 9.97. The molecule has 1 atom stereocenters. The smallest absolute Gasteiger partial charge is 0.159 e. The number of nitrogens with zero attached hydrogens (tertiary/aromatic N) is 1. The normalized spacial score (nSPS) is 12.4. The predicted molar refractivity (Wildman–Crippen MR) is 80.1 cm³/mol. The summed E-state index contributed by atoms with van der Waals surface area (Å²) in [5, 5.41) is 3.45. The molecule has 0 fully saturated rings. The first-order chi connectivity index (χ1) is 10.1. The first-order valence-corrected chi connectivity index (χ1v) is 7.20.